The zero-order chi connectivity index (χ0) is 13.0. The molecule has 1 aromatic rings. The van der Waals surface area contributed by atoms with Gasteiger partial charge >= 0.3 is 0 Å². The molecular formula is C12H24N4O. The van der Waals surface area contributed by atoms with Crippen molar-refractivity contribution in [3.8, 4) is 0 Å². The van der Waals surface area contributed by atoms with Crippen LogP contribution in [0.5, 0.6) is 0 Å². The first-order chi connectivity index (χ1) is 7.97. The molecule has 1 heterocycles. The molecule has 98 valence electrons. The van der Waals surface area contributed by atoms with Crippen molar-refractivity contribution in [1.29, 1.82) is 0 Å². The highest BCUT2D eigenvalue weighted by Gasteiger charge is 2.17. The Hall–Kier alpha value is -1.07. The summed E-state index contributed by atoms with van der Waals surface area (Å²) in [6.45, 7) is 5.61. The first-order valence-corrected chi connectivity index (χ1v) is 5.95. The molecule has 0 saturated heterocycles. The maximum absolute atomic E-state index is 5.89. The van der Waals surface area contributed by atoms with Crippen molar-refractivity contribution in [3.63, 3.8) is 0 Å². The van der Waals surface area contributed by atoms with Gasteiger partial charge in [0.25, 0.3) is 0 Å². The van der Waals surface area contributed by atoms with E-state index in [0.29, 0.717) is 6.61 Å². The van der Waals surface area contributed by atoms with Gasteiger partial charge in [-0.05, 0) is 20.3 Å². The van der Waals surface area contributed by atoms with Gasteiger partial charge in [0.2, 0.25) is 0 Å². The van der Waals surface area contributed by atoms with Crippen LogP contribution in [0, 0.1) is 6.92 Å². The molecule has 0 amide bonds. The number of anilines is 1. The standard InChI is InChI=1S/C12H24N4O/c1-9(13)8-11-10(2)14-16(4)12(11)15(3)6-7-17-5/h9H,6-8,13H2,1-5H3. The predicted octanol–water partition coefficient (Wildman–Crippen LogP) is 0.701. The number of nitrogens with zero attached hydrogens (tertiary/aromatic N) is 3. The quantitative estimate of drug-likeness (QED) is 0.795. The molecule has 1 unspecified atom stereocenters. The maximum atomic E-state index is 5.89. The normalized spacial score (nSPS) is 12.8. The smallest absolute Gasteiger partial charge is 0.129 e. The third-order valence-corrected chi connectivity index (χ3v) is 2.83. The minimum atomic E-state index is 0.146. The van der Waals surface area contributed by atoms with E-state index in [1.165, 1.54) is 5.56 Å². The fourth-order valence-electron chi connectivity index (χ4n) is 2.06. The molecular weight excluding hydrogens is 216 g/mol. The Bertz CT molecular complexity index is 360. The second kappa shape index (κ2) is 6.02. The van der Waals surface area contributed by atoms with Crippen molar-refractivity contribution in [3.05, 3.63) is 11.3 Å². The number of nitrogens with two attached hydrogens (primary N) is 1. The molecule has 1 aromatic heterocycles. The second-order valence-corrected chi connectivity index (χ2v) is 4.61. The molecule has 1 atom stereocenters. The molecule has 0 spiro atoms. The summed E-state index contributed by atoms with van der Waals surface area (Å²) < 4.78 is 7.02. The van der Waals surface area contributed by atoms with Crippen molar-refractivity contribution < 1.29 is 4.74 Å². The molecule has 0 aliphatic rings. The number of hydrogen-bond donors (Lipinski definition) is 1. The predicted molar refractivity (Wildman–Crippen MR) is 70.4 cm³/mol. The molecule has 0 aliphatic heterocycles. The van der Waals surface area contributed by atoms with Crippen LogP contribution in [0.4, 0.5) is 5.82 Å². The highest BCUT2D eigenvalue weighted by molar-refractivity contribution is 5.50. The summed E-state index contributed by atoms with van der Waals surface area (Å²) >= 11 is 0. The van der Waals surface area contributed by atoms with Crippen LogP contribution in [0.15, 0.2) is 0 Å². The molecule has 5 heteroatoms. The van der Waals surface area contributed by atoms with Crippen LogP contribution in [0.3, 0.4) is 0 Å². The van der Waals surface area contributed by atoms with Gasteiger partial charge in [0.1, 0.15) is 5.82 Å². The van der Waals surface area contributed by atoms with E-state index in [1.807, 2.05) is 25.6 Å². The van der Waals surface area contributed by atoms with E-state index in [2.05, 4.69) is 17.0 Å². The van der Waals surface area contributed by atoms with Crippen LogP contribution in [0.1, 0.15) is 18.2 Å². The van der Waals surface area contributed by atoms with Crippen molar-refractivity contribution in [2.24, 2.45) is 12.8 Å². The first-order valence-electron chi connectivity index (χ1n) is 5.95. The lowest BCUT2D eigenvalue weighted by Crippen LogP contribution is -2.27. The van der Waals surface area contributed by atoms with Gasteiger partial charge in [-0.2, -0.15) is 5.10 Å². The van der Waals surface area contributed by atoms with Crippen LogP contribution in [0.2, 0.25) is 0 Å². The van der Waals surface area contributed by atoms with Crippen LogP contribution in [-0.4, -0.2) is 43.1 Å². The number of hydrogen-bond acceptors (Lipinski definition) is 4. The summed E-state index contributed by atoms with van der Waals surface area (Å²) in [5.41, 5.74) is 8.19. The summed E-state index contributed by atoms with van der Waals surface area (Å²) in [7, 11) is 5.74. The molecule has 0 radical (unpaired) electrons. The minimum Gasteiger partial charge on any atom is -0.383 e. The lowest BCUT2D eigenvalue weighted by molar-refractivity contribution is 0.206. The Balaban J connectivity index is 2.95. The summed E-state index contributed by atoms with van der Waals surface area (Å²) in [5.74, 6) is 1.14. The number of aromatic nitrogens is 2. The maximum Gasteiger partial charge on any atom is 0.129 e. The molecule has 2 N–H and O–H groups in total. The van der Waals surface area contributed by atoms with E-state index in [4.69, 9.17) is 10.5 Å². The summed E-state index contributed by atoms with van der Waals surface area (Å²) in [4.78, 5) is 2.17. The molecule has 1 rings (SSSR count). The van der Waals surface area contributed by atoms with Gasteiger partial charge in [0.15, 0.2) is 0 Å². The zero-order valence-corrected chi connectivity index (χ0v) is 11.5. The van der Waals surface area contributed by atoms with Gasteiger partial charge in [-0.3, -0.25) is 4.68 Å². The van der Waals surface area contributed by atoms with Gasteiger partial charge < -0.3 is 15.4 Å². The Morgan fingerprint density at radius 3 is 2.71 bits per heavy atom. The molecule has 5 nitrogen and oxygen atoms in total. The van der Waals surface area contributed by atoms with Gasteiger partial charge in [-0.1, -0.05) is 0 Å². The fourth-order valence-corrected chi connectivity index (χ4v) is 2.06. The molecule has 0 aromatic carbocycles. The third-order valence-electron chi connectivity index (χ3n) is 2.83. The van der Waals surface area contributed by atoms with E-state index in [-0.39, 0.29) is 6.04 Å². The molecule has 0 fully saturated rings. The highest BCUT2D eigenvalue weighted by atomic mass is 16.5. The lowest BCUT2D eigenvalue weighted by Gasteiger charge is -2.21. The van der Waals surface area contributed by atoms with Gasteiger partial charge in [-0.15, -0.1) is 0 Å². The Labute approximate surface area is 104 Å². The van der Waals surface area contributed by atoms with E-state index in [0.717, 1.165) is 24.5 Å². The summed E-state index contributed by atoms with van der Waals surface area (Å²) in [6.07, 6.45) is 0.854. The van der Waals surface area contributed by atoms with E-state index >= 15 is 0 Å². The largest absolute Gasteiger partial charge is 0.383 e. The monoisotopic (exact) mass is 240 g/mol. The molecule has 0 saturated carbocycles. The number of rotatable bonds is 6. The van der Waals surface area contributed by atoms with Crippen LogP contribution < -0.4 is 10.6 Å². The minimum absolute atomic E-state index is 0.146. The SMILES string of the molecule is COCCN(C)c1c(CC(C)N)c(C)nn1C. The average molecular weight is 240 g/mol. The van der Waals surface area contributed by atoms with Crippen LogP contribution in [-0.2, 0) is 18.2 Å². The second-order valence-electron chi connectivity index (χ2n) is 4.61. The molecule has 17 heavy (non-hydrogen) atoms. The van der Waals surface area contributed by atoms with Crippen molar-refractivity contribution >= 4 is 5.82 Å². The Morgan fingerprint density at radius 2 is 2.18 bits per heavy atom. The van der Waals surface area contributed by atoms with Crippen LogP contribution in [0.25, 0.3) is 0 Å². The van der Waals surface area contributed by atoms with Gasteiger partial charge in [-0.25, -0.2) is 0 Å². The zero-order valence-electron chi connectivity index (χ0n) is 11.5. The van der Waals surface area contributed by atoms with Crippen LogP contribution >= 0.6 is 0 Å². The number of aryl methyl sites for hydroxylation is 2. The van der Waals surface area contributed by atoms with Gasteiger partial charge in [0, 0.05) is 39.4 Å². The van der Waals surface area contributed by atoms with E-state index < -0.39 is 0 Å². The number of ether oxygens (including phenoxy) is 1. The van der Waals surface area contributed by atoms with Crippen molar-refractivity contribution in [2.45, 2.75) is 26.3 Å². The molecule has 0 bridgehead atoms. The summed E-state index contributed by atoms with van der Waals surface area (Å²) in [5, 5.41) is 4.47. The highest BCUT2D eigenvalue weighted by Crippen LogP contribution is 2.23. The van der Waals surface area contributed by atoms with Crippen molar-refractivity contribution in [1.82, 2.24) is 9.78 Å². The fraction of sp³-hybridized carbons (Fsp3) is 0.750. The Morgan fingerprint density at radius 1 is 1.53 bits per heavy atom. The van der Waals surface area contributed by atoms with Gasteiger partial charge in [0.05, 0.1) is 12.3 Å². The Kier molecular flexibility index (Phi) is 4.96. The summed E-state index contributed by atoms with van der Waals surface area (Å²) in [6, 6.07) is 0.146. The number of methoxy groups -OCH3 is 1. The van der Waals surface area contributed by atoms with E-state index in [9.17, 15) is 0 Å². The third kappa shape index (κ3) is 3.44. The first kappa shape index (κ1) is 14.0. The van der Waals surface area contributed by atoms with E-state index in [1.54, 1.807) is 7.11 Å². The average Bonchev–Trinajstić information content (AvgIpc) is 2.50. The molecule has 0 aliphatic carbocycles. The van der Waals surface area contributed by atoms with Crippen molar-refractivity contribution in [2.75, 3.05) is 32.2 Å². The topological polar surface area (TPSA) is 56.3 Å². The number of likely N-dealkylation sites (N-methyl/N-ethyl adjacent to an activating group) is 1. The lowest BCUT2D eigenvalue weighted by atomic mass is 10.1.